The molecule has 0 radical (unpaired) electrons. The van der Waals surface area contributed by atoms with Crippen LogP contribution in [0.4, 0.5) is 0 Å². The molecule has 10 heteroatoms. The first kappa shape index (κ1) is 20.8. The number of nitrogens with zero attached hydrogens (tertiary/aromatic N) is 4. The SMILES string of the molecule is Cc1n[nH]c(C)c1S(=O)(=O)N1CCN(C(=O)C2CC(=O)N(C(C)(C)C)C2)CC1. The monoisotopic (exact) mass is 411 g/mol. The van der Waals surface area contributed by atoms with E-state index in [0.717, 1.165) is 0 Å². The molecule has 2 fully saturated rings. The smallest absolute Gasteiger partial charge is 0.246 e. The third-order valence-corrected chi connectivity index (χ3v) is 7.66. The minimum Gasteiger partial charge on any atom is -0.340 e. The van der Waals surface area contributed by atoms with Crippen LogP contribution in [0.3, 0.4) is 0 Å². The summed E-state index contributed by atoms with van der Waals surface area (Å²) in [4.78, 5) is 28.8. The number of hydrogen-bond donors (Lipinski definition) is 1. The minimum absolute atomic E-state index is 0.00188. The van der Waals surface area contributed by atoms with Crippen LogP contribution < -0.4 is 0 Å². The molecule has 0 aliphatic carbocycles. The Kier molecular flexibility index (Phi) is 5.30. The van der Waals surface area contributed by atoms with Crippen LogP contribution in [0.1, 0.15) is 38.6 Å². The maximum absolute atomic E-state index is 12.9. The standard InChI is InChI=1S/C18H29N5O4S/c1-12-16(13(2)20-19-12)28(26,27)22-8-6-21(7-9-22)17(25)14-10-15(24)23(11-14)18(3,4)5/h14H,6-11H2,1-5H3,(H,19,20). The van der Waals surface area contributed by atoms with E-state index in [1.165, 1.54) is 4.31 Å². The second kappa shape index (κ2) is 7.14. The Hall–Kier alpha value is -1.94. The largest absolute Gasteiger partial charge is 0.340 e. The quantitative estimate of drug-likeness (QED) is 0.780. The number of carbonyl (C=O) groups is 2. The van der Waals surface area contributed by atoms with Gasteiger partial charge < -0.3 is 9.80 Å². The lowest BCUT2D eigenvalue weighted by molar-refractivity contribution is -0.137. The van der Waals surface area contributed by atoms with Crippen LogP contribution in [0.15, 0.2) is 4.90 Å². The van der Waals surface area contributed by atoms with Crippen molar-refractivity contribution in [3.8, 4) is 0 Å². The molecule has 156 valence electrons. The van der Waals surface area contributed by atoms with E-state index in [0.29, 0.717) is 31.0 Å². The second-order valence-corrected chi connectivity index (χ2v) is 10.4. The highest BCUT2D eigenvalue weighted by Gasteiger charge is 2.42. The van der Waals surface area contributed by atoms with Gasteiger partial charge in [0.2, 0.25) is 21.8 Å². The first-order valence-electron chi connectivity index (χ1n) is 9.54. The lowest BCUT2D eigenvalue weighted by Gasteiger charge is -2.36. The predicted octanol–water partition coefficient (Wildman–Crippen LogP) is 0.506. The highest BCUT2D eigenvalue weighted by atomic mass is 32.2. The normalized spacial score (nSPS) is 22.2. The third kappa shape index (κ3) is 3.67. The van der Waals surface area contributed by atoms with Crippen molar-refractivity contribution < 1.29 is 18.0 Å². The average Bonchev–Trinajstić information content (AvgIpc) is 3.16. The van der Waals surface area contributed by atoms with Crippen molar-refractivity contribution in [3.05, 3.63) is 11.4 Å². The Morgan fingerprint density at radius 3 is 2.21 bits per heavy atom. The van der Waals surface area contributed by atoms with Crippen LogP contribution >= 0.6 is 0 Å². The Morgan fingerprint density at radius 1 is 1.14 bits per heavy atom. The molecule has 28 heavy (non-hydrogen) atoms. The molecule has 0 aromatic carbocycles. The van der Waals surface area contributed by atoms with Gasteiger partial charge in [0.25, 0.3) is 0 Å². The molecule has 1 aromatic rings. The Bertz CT molecular complexity index is 859. The fourth-order valence-electron chi connectivity index (χ4n) is 3.98. The van der Waals surface area contributed by atoms with Gasteiger partial charge >= 0.3 is 0 Å². The van der Waals surface area contributed by atoms with E-state index in [4.69, 9.17) is 0 Å². The van der Waals surface area contributed by atoms with Gasteiger partial charge in [-0.3, -0.25) is 14.7 Å². The summed E-state index contributed by atoms with van der Waals surface area (Å²) in [6.45, 7) is 10.8. The van der Waals surface area contributed by atoms with Crippen LogP contribution in [-0.4, -0.2) is 82.8 Å². The molecule has 1 atom stereocenters. The molecule has 0 spiro atoms. The summed E-state index contributed by atoms with van der Waals surface area (Å²) in [5.74, 6) is -0.418. The Labute approximate surface area is 166 Å². The molecule has 2 aliphatic heterocycles. The van der Waals surface area contributed by atoms with E-state index < -0.39 is 10.0 Å². The van der Waals surface area contributed by atoms with Crippen LogP contribution in [0.5, 0.6) is 0 Å². The molecule has 2 saturated heterocycles. The van der Waals surface area contributed by atoms with Crippen molar-refractivity contribution in [2.24, 2.45) is 5.92 Å². The molecule has 0 bridgehead atoms. The fraction of sp³-hybridized carbons (Fsp3) is 0.722. The average molecular weight is 412 g/mol. The molecule has 9 nitrogen and oxygen atoms in total. The molecular weight excluding hydrogens is 382 g/mol. The molecule has 3 rings (SSSR count). The van der Waals surface area contributed by atoms with Crippen molar-refractivity contribution in [1.82, 2.24) is 24.3 Å². The number of hydrogen-bond acceptors (Lipinski definition) is 5. The number of likely N-dealkylation sites (tertiary alicyclic amines) is 1. The van der Waals surface area contributed by atoms with Crippen molar-refractivity contribution in [1.29, 1.82) is 0 Å². The summed E-state index contributed by atoms with van der Waals surface area (Å²) in [5.41, 5.74) is 0.657. The van der Waals surface area contributed by atoms with Gasteiger partial charge in [-0.15, -0.1) is 0 Å². The number of rotatable bonds is 3. The number of aromatic nitrogens is 2. The van der Waals surface area contributed by atoms with Crippen molar-refractivity contribution in [2.75, 3.05) is 32.7 Å². The van der Waals surface area contributed by atoms with E-state index in [-0.39, 0.29) is 47.7 Å². The predicted molar refractivity (Wildman–Crippen MR) is 103 cm³/mol. The van der Waals surface area contributed by atoms with Gasteiger partial charge in [0.05, 0.1) is 17.3 Å². The first-order valence-corrected chi connectivity index (χ1v) is 11.0. The van der Waals surface area contributed by atoms with Crippen molar-refractivity contribution in [3.63, 3.8) is 0 Å². The molecule has 1 aromatic heterocycles. The zero-order valence-corrected chi connectivity index (χ0v) is 18.0. The zero-order chi connectivity index (χ0) is 20.9. The van der Waals surface area contributed by atoms with E-state index >= 15 is 0 Å². The molecule has 3 heterocycles. The number of aromatic amines is 1. The lowest BCUT2D eigenvalue weighted by atomic mass is 10.1. The van der Waals surface area contributed by atoms with E-state index in [9.17, 15) is 18.0 Å². The number of amides is 2. The molecule has 2 aliphatic rings. The maximum atomic E-state index is 12.9. The number of carbonyl (C=O) groups excluding carboxylic acids is 2. The van der Waals surface area contributed by atoms with Gasteiger partial charge in [-0.1, -0.05) is 0 Å². The van der Waals surface area contributed by atoms with Crippen LogP contribution in [0, 0.1) is 19.8 Å². The Morgan fingerprint density at radius 2 is 1.75 bits per heavy atom. The summed E-state index contributed by atoms with van der Waals surface area (Å²) in [6, 6.07) is 0. The molecular formula is C18H29N5O4S. The van der Waals surface area contributed by atoms with Crippen LogP contribution in [-0.2, 0) is 19.6 Å². The van der Waals surface area contributed by atoms with Gasteiger partial charge in [0, 0.05) is 44.7 Å². The third-order valence-electron chi connectivity index (χ3n) is 5.49. The number of aryl methyl sites for hydroxylation is 2. The number of H-pyrrole nitrogens is 1. The number of piperazine rings is 1. The number of nitrogens with one attached hydrogen (secondary N) is 1. The van der Waals surface area contributed by atoms with Gasteiger partial charge in [0.1, 0.15) is 4.90 Å². The van der Waals surface area contributed by atoms with Crippen LogP contribution in [0.25, 0.3) is 0 Å². The first-order chi connectivity index (χ1) is 12.9. The number of sulfonamides is 1. The van der Waals surface area contributed by atoms with Crippen molar-refractivity contribution in [2.45, 2.75) is 51.5 Å². The summed E-state index contributed by atoms with van der Waals surface area (Å²) >= 11 is 0. The molecule has 2 amide bonds. The fourth-order valence-corrected chi connectivity index (χ4v) is 5.73. The van der Waals surface area contributed by atoms with Crippen molar-refractivity contribution >= 4 is 21.8 Å². The topological polar surface area (TPSA) is 107 Å². The highest BCUT2D eigenvalue weighted by molar-refractivity contribution is 7.89. The highest BCUT2D eigenvalue weighted by Crippen LogP contribution is 2.28. The maximum Gasteiger partial charge on any atom is 0.246 e. The van der Waals surface area contributed by atoms with Gasteiger partial charge in [0.15, 0.2) is 0 Å². The summed E-state index contributed by atoms with van der Waals surface area (Å²) < 4.78 is 27.3. The molecule has 1 unspecified atom stereocenters. The summed E-state index contributed by atoms with van der Waals surface area (Å²) in [5, 5.41) is 6.68. The van der Waals surface area contributed by atoms with E-state index in [1.807, 2.05) is 20.8 Å². The van der Waals surface area contributed by atoms with E-state index in [1.54, 1.807) is 23.6 Å². The van der Waals surface area contributed by atoms with E-state index in [2.05, 4.69) is 10.2 Å². The Balaban J connectivity index is 1.64. The second-order valence-electron chi connectivity index (χ2n) is 8.57. The van der Waals surface area contributed by atoms with Gasteiger partial charge in [-0.2, -0.15) is 9.40 Å². The summed E-state index contributed by atoms with van der Waals surface area (Å²) in [7, 11) is -3.65. The molecule has 0 saturated carbocycles. The minimum atomic E-state index is -3.65. The van der Waals surface area contributed by atoms with Gasteiger partial charge in [-0.25, -0.2) is 8.42 Å². The van der Waals surface area contributed by atoms with Crippen LogP contribution in [0.2, 0.25) is 0 Å². The lowest BCUT2D eigenvalue weighted by Crippen LogP contribution is -2.52. The van der Waals surface area contributed by atoms with Gasteiger partial charge in [-0.05, 0) is 34.6 Å². The summed E-state index contributed by atoms with van der Waals surface area (Å²) in [6.07, 6.45) is 0.224. The zero-order valence-electron chi connectivity index (χ0n) is 17.2. The molecule has 1 N–H and O–H groups in total.